The van der Waals surface area contributed by atoms with Gasteiger partial charge in [-0.2, -0.15) is 0 Å². The molecule has 0 radical (unpaired) electrons. The minimum absolute atomic E-state index is 0.156. The van der Waals surface area contributed by atoms with E-state index in [9.17, 15) is 9.59 Å². The average molecular weight is 219 g/mol. The number of carbonyl (C=O) groups is 2. The highest BCUT2D eigenvalue weighted by Crippen LogP contribution is 2.38. The molecule has 0 aromatic heterocycles. The summed E-state index contributed by atoms with van der Waals surface area (Å²) >= 11 is 0. The van der Waals surface area contributed by atoms with Gasteiger partial charge in [0, 0.05) is 6.54 Å². The predicted octanol–water partition coefficient (Wildman–Crippen LogP) is 1.02. The number of hydrogen-bond acceptors (Lipinski definition) is 2. The molecule has 84 valence electrons. The number of benzene rings is 1. The van der Waals surface area contributed by atoms with Gasteiger partial charge in [-0.05, 0) is 12.0 Å². The van der Waals surface area contributed by atoms with E-state index >= 15 is 0 Å². The van der Waals surface area contributed by atoms with Crippen LogP contribution in [0.2, 0.25) is 0 Å². The lowest BCUT2D eigenvalue weighted by Gasteiger charge is -2.03. The Balaban J connectivity index is 1.80. The fourth-order valence-electron chi connectivity index (χ4n) is 1.67. The lowest BCUT2D eigenvalue weighted by atomic mass is 10.2. The second-order valence-corrected chi connectivity index (χ2v) is 3.99. The Labute approximate surface area is 93.3 Å². The number of aliphatic carboxylic acids is 1. The van der Waals surface area contributed by atoms with Crippen LogP contribution in [-0.2, 0) is 16.1 Å². The van der Waals surface area contributed by atoms with Crippen LogP contribution in [0.3, 0.4) is 0 Å². The maximum absolute atomic E-state index is 11.5. The molecule has 16 heavy (non-hydrogen) atoms. The Kier molecular flexibility index (Phi) is 2.90. The Hall–Kier alpha value is -1.84. The van der Waals surface area contributed by atoms with Crippen molar-refractivity contribution in [3.63, 3.8) is 0 Å². The fraction of sp³-hybridized carbons (Fsp3) is 0.333. The van der Waals surface area contributed by atoms with Gasteiger partial charge in [-0.25, -0.2) is 0 Å². The zero-order valence-corrected chi connectivity index (χ0v) is 8.72. The normalized spacial score (nSPS) is 22.5. The van der Waals surface area contributed by atoms with Gasteiger partial charge in [-0.3, -0.25) is 9.59 Å². The van der Waals surface area contributed by atoms with Gasteiger partial charge in [0.05, 0.1) is 11.8 Å². The van der Waals surface area contributed by atoms with Gasteiger partial charge in [0.15, 0.2) is 0 Å². The van der Waals surface area contributed by atoms with E-state index in [0.29, 0.717) is 13.0 Å². The van der Waals surface area contributed by atoms with Crippen LogP contribution >= 0.6 is 0 Å². The lowest BCUT2D eigenvalue weighted by molar-refractivity contribution is -0.140. The molecule has 2 rings (SSSR count). The largest absolute Gasteiger partial charge is 0.481 e. The molecular formula is C12H13NO3. The zero-order valence-electron chi connectivity index (χ0n) is 8.72. The van der Waals surface area contributed by atoms with Crippen molar-refractivity contribution in [1.82, 2.24) is 5.32 Å². The van der Waals surface area contributed by atoms with Gasteiger partial charge in [0.25, 0.3) is 0 Å². The highest BCUT2D eigenvalue weighted by molar-refractivity contribution is 5.89. The minimum Gasteiger partial charge on any atom is -0.481 e. The third kappa shape index (κ3) is 2.39. The molecule has 4 heteroatoms. The van der Waals surface area contributed by atoms with Crippen LogP contribution in [0.15, 0.2) is 30.3 Å². The van der Waals surface area contributed by atoms with Crippen LogP contribution in [0.1, 0.15) is 12.0 Å². The monoisotopic (exact) mass is 219 g/mol. The number of carbonyl (C=O) groups excluding carboxylic acids is 1. The van der Waals surface area contributed by atoms with Crippen molar-refractivity contribution in [3.8, 4) is 0 Å². The Morgan fingerprint density at radius 2 is 1.94 bits per heavy atom. The molecular weight excluding hydrogens is 206 g/mol. The zero-order chi connectivity index (χ0) is 11.5. The van der Waals surface area contributed by atoms with Crippen LogP contribution in [0.5, 0.6) is 0 Å². The Morgan fingerprint density at radius 3 is 2.50 bits per heavy atom. The van der Waals surface area contributed by atoms with E-state index in [2.05, 4.69) is 5.32 Å². The summed E-state index contributed by atoms with van der Waals surface area (Å²) in [4.78, 5) is 22.1. The van der Waals surface area contributed by atoms with Crippen molar-refractivity contribution in [3.05, 3.63) is 35.9 Å². The summed E-state index contributed by atoms with van der Waals surface area (Å²) in [6.45, 7) is 0.461. The van der Waals surface area contributed by atoms with E-state index in [-0.39, 0.29) is 11.8 Å². The molecule has 1 aliphatic carbocycles. The second kappa shape index (κ2) is 4.35. The van der Waals surface area contributed by atoms with Gasteiger partial charge in [0.1, 0.15) is 0 Å². The first kappa shape index (κ1) is 10.7. The maximum Gasteiger partial charge on any atom is 0.307 e. The number of carboxylic acids is 1. The Morgan fingerprint density at radius 1 is 1.25 bits per heavy atom. The van der Waals surface area contributed by atoms with Crippen LogP contribution in [-0.4, -0.2) is 17.0 Å². The highest BCUT2D eigenvalue weighted by atomic mass is 16.4. The Bertz CT molecular complexity index is 402. The first-order valence-corrected chi connectivity index (χ1v) is 5.23. The molecule has 0 saturated heterocycles. The van der Waals surface area contributed by atoms with Gasteiger partial charge < -0.3 is 10.4 Å². The molecule has 1 aliphatic rings. The van der Waals surface area contributed by atoms with E-state index in [1.165, 1.54) is 0 Å². The summed E-state index contributed by atoms with van der Waals surface area (Å²) in [7, 11) is 0. The van der Waals surface area contributed by atoms with Crippen LogP contribution < -0.4 is 5.32 Å². The SMILES string of the molecule is O=C(NCc1ccccc1)[C@H]1C[C@H]1C(=O)O. The van der Waals surface area contributed by atoms with Gasteiger partial charge in [-0.1, -0.05) is 30.3 Å². The van der Waals surface area contributed by atoms with Crippen molar-refractivity contribution in [1.29, 1.82) is 0 Å². The van der Waals surface area contributed by atoms with E-state index in [4.69, 9.17) is 5.11 Å². The third-order valence-corrected chi connectivity index (χ3v) is 2.75. The number of nitrogens with one attached hydrogen (secondary N) is 1. The number of amides is 1. The van der Waals surface area contributed by atoms with Crippen molar-refractivity contribution in [2.75, 3.05) is 0 Å². The summed E-state index contributed by atoms with van der Waals surface area (Å²) in [5, 5.41) is 11.4. The van der Waals surface area contributed by atoms with Crippen LogP contribution in [0.25, 0.3) is 0 Å². The van der Waals surface area contributed by atoms with Gasteiger partial charge >= 0.3 is 5.97 Å². The molecule has 0 heterocycles. The van der Waals surface area contributed by atoms with E-state index in [0.717, 1.165) is 5.56 Å². The fourth-order valence-corrected chi connectivity index (χ4v) is 1.67. The molecule has 0 unspecified atom stereocenters. The van der Waals surface area contributed by atoms with Crippen molar-refractivity contribution >= 4 is 11.9 Å². The first-order valence-electron chi connectivity index (χ1n) is 5.23. The van der Waals surface area contributed by atoms with E-state index < -0.39 is 11.9 Å². The lowest BCUT2D eigenvalue weighted by Crippen LogP contribution is -2.25. The average Bonchev–Trinajstić information content (AvgIpc) is 3.07. The minimum atomic E-state index is -0.875. The van der Waals surface area contributed by atoms with Crippen molar-refractivity contribution in [2.45, 2.75) is 13.0 Å². The molecule has 0 spiro atoms. The predicted molar refractivity (Wildman–Crippen MR) is 57.5 cm³/mol. The number of carboxylic acid groups (broad SMARTS) is 1. The number of rotatable bonds is 4. The topological polar surface area (TPSA) is 66.4 Å². The number of hydrogen-bond donors (Lipinski definition) is 2. The van der Waals surface area contributed by atoms with Crippen molar-refractivity contribution in [2.24, 2.45) is 11.8 Å². The molecule has 1 aromatic carbocycles. The summed E-state index contributed by atoms with van der Waals surface area (Å²) in [6.07, 6.45) is 0.468. The molecule has 4 nitrogen and oxygen atoms in total. The molecule has 1 aromatic rings. The van der Waals surface area contributed by atoms with Gasteiger partial charge in [-0.15, -0.1) is 0 Å². The second-order valence-electron chi connectivity index (χ2n) is 3.99. The maximum atomic E-state index is 11.5. The summed E-state index contributed by atoms with van der Waals surface area (Å²) < 4.78 is 0. The molecule has 1 fully saturated rings. The van der Waals surface area contributed by atoms with Crippen LogP contribution in [0, 0.1) is 11.8 Å². The molecule has 0 bridgehead atoms. The third-order valence-electron chi connectivity index (χ3n) is 2.75. The molecule has 2 atom stereocenters. The van der Waals surface area contributed by atoms with Crippen molar-refractivity contribution < 1.29 is 14.7 Å². The summed E-state index contributed by atoms with van der Waals surface area (Å²) in [5.74, 6) is -1.84. The van der Waals surface area contributed by atoms with Crippen LogP contribution in [0.4, 0.5) is 0 Å². The summed E-state index contributed by atoms with van der Waals surface area (Å²) in [5.41, 5.74) is 1.02. The molecule has 1 amide bonds. The van der Waals surface area contributed by atoms with Gasteiger partial charge in [0.2, 0.25) is 5.91 Å². The smallest absolute Gasteiger partial charge is 0.307 e. The standard InChI is InChI=1S/C12H13NO3/c14-11(9-6-10(9)12(15)16)13-7-8-4-2-1-3-5-8/h1-5,9-10H,6-7H2,(H,13,14)(H,15,16)/t9-,10+/m0/s1. The summed E-state index contributed by atoms with van der Waals surface area (Å²) in [6, 6.07) is 9.55. The van der Waals surface area contributed by atoms with E-state index in [1.54, 1.807) is 0 Å². The molecule has 1 saturated carbocycles. The molecule has 2 N–H and O–H groups in total. The first-order chi connectivity index (χ1) is 7.68. The highest BCUT2D eigenvalue weighted by Gasteiger charge is 2.48. The molecule has 0 aliphatic heterocycles. The van der Waals surface area contributed by atoms with E-state index in [1.807, 2.05) is 30.3 Å². The quantitative estimate of drug-likeness (QED) is 0.794.